The highest BCUT2D eigenvalue weighted by Gasteiger charge is 2.17. The predicted molar refractivity (Wildman–Crippen MR) is 113 cm³/mol. The number of imidazole rings is 1. The Bertz CT molecular complexity index is 1210. The van der Waals surface area contributed by atoms with E-state index in [1.54, 1.807) is 6.08 Å². The van der Waals surface area contributed by atoms with Gasteiger partial charge in [0, 0.05) is 23.8 Å². The van der Waals surface area contributed by atoms with Gasteiger partial charge in [0.15, 0.2) is 5.16 Å². The molecule has 5 nitrogen and oxygen atoms in total. The zero-order valence-electron chi connectivity index (χ0n) is 15.2. The Hall–Kier alpha value is -2.78. The molecule has 0 aliphatic carbocycles. The molecule has 29 heavy (non-hydrogen) atoms. The van der Waals surface area contributed by atoms with Gasteiger partial charge in [0.25, 0.3) is 5.56 Å². The second-order valence-corrected chi connectivity index (χ2v) is 8.10. The topological polar surface area (TPSA) is 52.7 Å². The average molecular weight is 431 g/mol. The van der Waals surface area contributed by atoms with Gasteiger partial charge >= 0.3 is 6.55 Å². The Morgan fingerprint density at radius 2 is 2.07 bits per heavy atom. The van der Waals surface area contributed by atoms with Crippen LogP contribution in [0.4, 0.5) is 8.78 Å². The zero-order valence-corrected chi connectivity index (χ0v) is 16.8. The third-order valence-corrected chi connectivity index (χ3v) is 6.39. The molecule has 4 rings (SSSR count). The van der Waals surface area contributed by atoms with Crippen LogP contribution in [-0.2, 0) is 12.3 Å². The van der Waals surface area contributed by atoms with Crippen LogP contribution < -0.4 is 5.56 Å². The number of hydrogen-bond donors (Lipinski definition) is 0. The van der Waals surface area contributed by atoms with Gasteiger partial charge in [0.05, 0.1) is 11.3 Å². The fourth-order valence-corrected chi connectivity index (χ4v) is 4.91. The molecule has 0 amide bonds. The van der Waals surface area contributed by atoms with E-state index in [9.17, 15) is 13.6 Å². The molecule has 148 valence electrons. The molecule has 0 bridgehead atoms. The summed E-state index contributed by atoms with van der Waals surface area (Å²) in [4.78, 5) is 22.6. The monoisotopic (exact) mass is 430 g/mol. The molecular formula is C20H16F2N4OS2. The number of alkyl halides is 2. The van der Waals surface area contributed by atoms with E-state index in [0.717, 1.165) is 15.0 Å². The molecule has 0 saturated carbocycles. The molecule has 4 aromatic rings. The normalized spacial score (nSPS) is 11.4. The minimum absolute atomic E-state index is 0.165. The van der Waals surface area contributed by atoms with Crippen molar-refractivity contribution in [1.29, 1.82) is 0 Å². The van der Waals surface area contributed by atoms with Crippen LogP contribution in [0.15, 0.2) is 71.4 Å². The van der Waals surface area contributed by atoms with E-state index >= 15 is 0 Å². The minimum Gasteiger partial charge on any atom is -0.282 e. The summed E-state index contributed by atoms with van der Waals surface area (Å²) in [6.45, 7) is 1.33. The van der Waals surface area contributed by atoms with Crippen molar-refractivity contribution in [3.05, 3.63) is 77.6 Å². The molecule has 0 radical (unpaired) electrons. The summed E-state index contributed by atoms with van der Waals surface area (Å²) in [6, 6.07) is 11.7. The van der Waals surface area contributed by atoms with Crippen LogP contribution in [0.2, 0.25) is 0 Å². The second-order valence-electron chi connectivity index (χ2n) is 6.11. The summed E-state index contributed by atoms with van der Waals surface area (Å²) in [5, 5.41) is 0.448. The minimum atomic E-state index is -2.66. The molecule has 0 aliphatic heterocycles. The maximum atomic E-state index is 13.1. The van der Waals surface area contributed by atoms with Crippen LogP contribution in [0.3, 0.4) is 0 Å². The summed E-state index contributed by atoms with van der Waals surface area (Å²) in [5.74, 6) is 0.391. The van der Waals surface area contributed by atoms with Gasteiger partial charge in [-0.15, -0.1) is 17.9 Å². The van der Waals surface area contributed by atoms with Gasteiger partial charge < -0.3 is 0 Å². The SMILES string of the molecule is C=CCn1c(SCc2nccn2C(F)F)nc2cc(-c3ccccc3)sc2c1=O. The van der Waals surface area contributed by atoms with Gasteiger partial charge in [-0.1, -0.05) is 48.2 Å². The maximum Gasteiger partial charge on any atom is 0.319 e. The highest BCUT2D eigenvalue weighted by atomic mass is 32.2. The highest BCUT2D eigenvalue weighted by Crippen LogP contribution is 2.32. The molecule has 0 spiro atoms. The van der Waals surface area contributed by atoms with E-state index in [0.29, 0.717) is 15.4 Å². The van der Waals surface area contributed by atoms with Crippen LogP contribution >= 0.6 is 23.1 Å². The first-order valence-electron chi connectivity index (χ1n) is 8.72. The maximum absolute atomic E-state index is 13.1. The number of rotatable bonds is 7. The van der Waals surface area contributed by atoms with E-state index in [4.69, 9.17) is 0 Å². The third kappa shape index (κ3) is 3.88. The fourth-order valence-electron chi connectivity index (χ4n) is 2.90. The van der Waals surface area contributed by atoms with Crippen LogP contribution in [0, 0.1) is 0 Å². The first kappa shape index (κ1) is 19.5. The smallest absolute Gasteiger partial charge is 0.282 e. The van der Waals surface area contributed by atoms with E-state index in [1.165, 1.54) is 40.1 Å². The third-order valence-electron chi connectivity index (χ3n) is 4.26. The van der Waals surface area contributed by atoms with Crippen molar-refractivity contribution >= 4 is 33.3 Å². The largest absolute Gasteiger partial charge is 0.319 e. The molecule has 0 saturated heterocycles. The average Bonchev–Trinajstić information content (AvgIpc) is 3.36. The van der Waals surface area contributed by atoms with E-state index in [2.05, 4.69) is 16.5 Å². The van der Waals surface area contributed by atoms with Gasteiger partial charge in [0.2, 0.25) is 0 Å². The first-order chi connectivity index (χ1) is 14.1. The summed E-state index contributed by atoms with van der Waals surface area (Å²) in [5.41, 5.74) is 1.44. The number of benzene rings is 1. The molecule has 3 heterocycles. The molecule has 3 aromatic heterocycles. The van der Waals surface area contributed by atoms with Crippen molar-refractivity contribution in [1.82, 2.24) is 19.1 Å². The summed E-state index contributed by atoms with van der Waals surface area (Å²) in [6.07, 6.45) is 4.18. The van der Waals surface area contributed by atoms with Gasteiger partial charge in [-0.2, -0.15) is 8.78 Å². The van der Waals surface area contributed by atoms with Crippen LogP contribution in [0.25, 0.3) is 20.7 Å². The van der Waals surface area contributed by atoms with Crippen LogP contribution in [-0.4, -0.2) is 19.1 Å². The van der Waals surface area contributed by atoms with E-state index in [-0.39, 0.29) is 23.7 Å². The van der Waals surface area contributed by atoms with Gasteiger partial charge in [0.1, 0.15) is 10.5 Å². The zero-order chi connectivity index (χ0) is 20.4. The second kappa shape index (κ2) is 8.30. The number of fused-ring (bicyclic) bond motifs is 1. The van der Waals surface area contributed by atoms with Crippen LogP contribution in [0.1, 0.15) is 12.4 Å². The Labute approximate surface area is 173 Å². The van der Waals surface area contributed by atoms with E-state index in [1.807, 2.05) is 36.4 Å². The molecule has 0 unspecified atom stereocenters. The lowest BCUT2D eigenvalue weighted by atomic mass is 10.2. The molecule has 1 aromatic carbocycles. The van der Waals surface area contributed by atoms with Crippen LogP contribution in [0.5, 0.6) is 0 Å². The summed E-state index contributed by atoms with van der Waals surface area (Å²) in [7, 11) is 0. The van der Waals surface area contributed by atoms with Crippen molar-refractivity contribution < 1.29 is 8.78 Å². The van der Waals surface area contributed by atoms with Gasteiger partial charge in [-0.3, -0.25) is 13.9 Å². The van der Waals surface area contributed by atoms with Crippen molar-refractivity contribution in [3.63, 3.8) is 0 Å². The number of halogens is 2. The number of aromatic nitrogens is 4. The lowest BCUT2D eigenvalue weighted by molar-refractivity contribution is 0.0678. The molecule has 9 heteroatoms. The summed E-state index contributed by atoms with van der Waals surface area (Å²) < 4.78 is 29.0. The Balaban J connectivity index is 1.74. The lowest BCUT2D eigenvalue weighted by Gasteiger charge is -2.10. The molecule has 0 atom stereocenters. The van der Waals surface area contributed by atoms with Gasteiger partial charge in [-0.25, -0.2) is 9.97 Å². The Kier molecular flexibility index (Phi) is 5.59. The van der Waals surface area contributed by atoms with Crippen molar-refractivity contribution in [2.24, 2.45) is 0 Å². The highest BCUT2D eigenvalue weighted by molar-refractivity contribution is 7.98. The van der Waals surface area contributed by atoms with Crippen molar-refractivity contribution in [2.45, 2.75) is 24.0 Å². The van der Waals surface area contributed by atoms with Crippen molar-refractivity contribution in [3.8, 4) is 10.4 Å². The Morgan fingerprint density at radius 1 is 1.28 bits per heavy atom. The molecular weight excluding hydrogens is 414 g/mol. The number of thiophene rings is 1. The number of nitrogens with zero attached hydrogens (tertiary/aromatic N) is 4. The molecule has 0 N–H and O–H groups in total. The number of hydrogen-bond acceptors (Lipinski definition) is 5. The fraction of sp³-hybridized carbons (Fsp3) is 0.150. The Morgan fingerprint density at radius 3 is 2.79 bits per heavy atom. The first-order valence-corrected chi connectivity index (χ1v) is 10.5. The molecule has 0 aliphatic rings. The van der Waals surface area contributed by atoms with E-state index < -0.39 is 6.55 Å². The standard InChI is InChI=1S/C20H16F2N4OS2/c1-2-9-26-18(27)17-14(11-15(29-17)13-6-4-3-5-7-13)24-20(26)28-12-16-23-8-10-25(16)19(21)22/h2-8,10-11,19H,1,9,12H2. The van der Waals surface area contributed by atoms with Crippen molar-refractivity contribution in [2.75, 3.05) is 0 Å². The quantitative estimate of drug-likeness (QED) is 0.230. The summed E-state index contributed by atoms with van der Waals surface area (Å²) >= 11 is 2.60. The number of thioether (sulfide) groups is 1. The van der Waals surface area contributed by atoms with Gasteiger partial charge in [-0.05, 0) is 11.6 Å². The molecule has 0 fully saturated rings. The predicted octanol–water partition coefficient (Wildman–Crippen LogP) is 5.19. The number of allylic oxidation sites excluding steroid dienone is 1. The lowest BCUT2D eigenvalue weighted by Crippen LogP contribution is -2.22.